The summed E-state index contributed by atoms with van der Waals surface area (Å²) in [6.45, 7) is 8.07. The van der Waals surface area contributed by atoms with E-state index in [0.29, 0.717) is 12.3 Å². The van der Waals surface area contributed by atoms with Gasteiger partial charge in [0, 0.05) is 6.04 Å². The van der Waals surface area contributed by atoms with Crippen molar-refractivity contribution in [2.75, 3.05) is 13.1 Å². The number of rotatable bonds is 7. The average Bonchev–Trinajstić information content (AvgIpc) is 2.64. The van der Waals surface area contributed by atoms with Crippen LogP contribution < -0.4 is 5.32 Å². The molecule has 1 aromatic rings. The molecule has 0 saturated heterocycles. The smallest absolute Gasteiger partial charge is 0.401 e. The summed E-state index contributed by atoms with van der Waals surface area (Å²) in [6, 6.07) is 1.62. The summed E-state index contributed by atoms with van der Waals surface area (Å²) in [6.07, 6.45) is -4.20. The third-order valence-corrected chi connectivity index (χ3v) is 3.08. The van der Waals surface area contributed by atoms with Gasteiger partial charge in [0.05, 0.1) is 19.6 Å². The van der Waals surface area contributed by atoms with Gasteiger partial charge in [-0.25, -0.2) is 0 Å². The highest BCUT2D eigenvalue weighted by atomic mass is 19.4. The molecule has 0 bridgehead atoms. The second-order valence-electron chi connectivity index (χ2n) is 5.21. The van der Waals surface area contributed by atoms with Crippen LogP contribution in [0.3, 0.4) is 0 Å². The molecule has 0 radical (unpaired) electrons. The van der Waals surface area contributed by atoms with Gasteiger partial charge in [0.15, 0.2) is 0 Å². The van der Waals surface area contributed by atoms with Gasteiger partial charge in [0.1, 0.15) is 11.5 Å². The Morgan fingerprint density at radius 3 is 2.50 bits per heavy atom. The minimum atomic E-state index is -4.20. The predicted octanol–water partition coefficient (Wildman–Crippen LogP) is 3.47. The first-order valence-corrected chi connectivity index (χ1v) is 6.82. The van der Waals surface area contributed by atoms with Gasteiger partial charge in [-0.05, 0) is 38.9 Å². The van der Waals surface area contributed by atoms with E-state index in [0.717, 1.165) is 17.9 Å². The number of hydrogen-bond acceptors (Lipinski definition) is 3. The van der Waals surface area contributed by atoms with Crippen LogP contribution in [0.1, 0.15) is 37.9 Å². The van der Waals surface area contributed by atoms with Crippen molar-refractivity contribution in [1.82, 2.24) is 10.2 Å². The van der Waals surface area contributed by atoms with E-state index in [-0.39, 0.29) is 12.6 Å². The van der Waals surface area contributed by atoms with Crippen molar-refractivity contribution in [3.8, 4) is 0 Å². The van der Waals surface area contributed by atoms with E-state index >= 15 is 0 Å². The molecule has 20 heavy (non-hydrogen) atoms. The van der Waals surface area contributed by atoms with Gasteiger partial charge in [-0.15, -0.1) is 0 Å². The van der Waals surface area contributed by atoms with E-state index in [9.17, 15) is 13.2 Å². The fourth-order valence-corrected chi connectivity index (χ4v) is 1.93. The second kappa shape index (κ2) is 7.13. The molecular formula is C14H23F3N2O. The summed E-state index contributed by atoms with van der Waals surface area (Å²) < 4.78 is 43.3. The lowest BCUT2D eigenvalue weighted by Gasteiger charge is -2.26. The van der Waals surface area contributed by atoms with Crippen LogP contribution in [0, 0.1) is 6.92 Å². The van der Waals surface area contributed by atoms with Gasteiger partial charge in [0.2, 0.25) is 0 Å². The van der Waals surface area contributed by atoms with Crippen LogP contribution in [0.15, 0.2) is 10.5 Å². The summed E-state index contributed by atoms with van der Waals surface area (Å²) >= 11 is 0. The van der Waals surface area contributed by atoms with E-state index in [1.165, 1.54) is 4.90 Å². The van der Waals surface area contributed by atoms with Gasteiger partial charge in [-0.2, -0.15) is 13.2 Å². The number of aryl methyl sites for hydroxylation is 1. The van der Waals surface area contributed by atoms with Crippen LogP contribution in [-0.4, -0.2) is 30.2 Å². The summed E-state index contributed by atoms with van der Waals surface area (Å²) in [5, 5.41) is 3.15. The third-order valence-electron chi connectivity index (χ3n) is 3.08. The van der Waals surface area contributed by atoms with Crippen molar-refractivity contribution in [3.63, 3.8) is 0 Å². The van der Waals surface area contributed by atoms with E-state index in [1.807, 2.05) is 19.9 Å². The summed E-state index contributed by atoms with van der Waals surface area (Å²) in [5.41, 5.74) is 0.969. The summed E-state index contributed by atoms with van der Waals surface area (Å²) in [5.74, 6) is 1.37. The number of nitrogens with one attached hydrogen (secondary N) is 1. The molecule has 116 valence electrons. The molecule has 0 aromatic carbocycles. The van der Waals surface area contributed by atoms with E-state index in [2.05, 4.69) is 5.32 Å². The minimum absolute atomic E-state index is 0.171. The molecule has 1 N–H and O–H groups in total. The first-order chi connectivity index (χ1) is 9.23. The van der Waals surface area contributed by atoms with Crippen LogP contribution >= 0.6 is 0 Å². The van der Waals surface area contributed by atoms with Crippen molar-refractivity contribution in [2.45, 2.75) is 53.0 Å². The lowest BCUT2D eigenvalue weighted by Crippen LogP contribution is -2.38. The molecule has 3 nitrogen and oxygen atoms in total. The molecule has 0 fully saturated rings. The van der Waals surface area contributed by atoms with Crippen LogP contribution in [0.5, 0.6) is 0 Å². The van der Waals surface area contributed by atoms with Gasteiger partial charge in [-0.3, -0.25) is 4.90 Å². The van der Waals surface area contributed by atoms with Crippen LogP contribution in [0.25, 0.3) is 0 Å². The maximum atomic E-state index is 12.5. The second-order valence-corrected chi connectivity index (χ2v) is 5.21. The topological polar surface area (TPSA) is 28.4 Å². The zero-order valence-corrected chi connectivity index (χ0v) is 12.5. The van der Waals surface area contributed by atoms with Crippen LogP contribution in [0.2, 0.25) is 0 Å². The summed E-state index contributed by atoms with van der Waals surface area (Å²) in [4.78, 5) is 1.36. The molecule has 1 aromatic heterocycles. The fraction of sp³-hybridized carbons (Fsp3) is 0.714. The molecule has 1 heterocycles. The molecule has 0 spiro atoms. The lowest BCUT2D eigenvalue weighted by molar-refractivity contribution is -0.151. The molecule has 0 aliphatic carbocycles. The highest BCUT2D eigenvalue weighted by molar-refractivity contribution is 5.20. The van der Waals surface area contributed by atoms with Crippen LogP contribution in [0.4, 0.5) is 13.2 Å². The van der Waals surface area contributed by atoms with Gasteiger partial charge < -0.3 is 9.73 Å². The molecule has 0 aliphatic rings. The van der Waals surface area contributed by atoms with E-state index < -0.39 is 12.7 Å². The zero-order chi connectivity index (χ0) is 15.3. The number of furan rings is 1. The molecule has 1 rings (SSSR count). The highest BCUT2D eigenvalue weighted by Gasteiger charge is 2.32. The molecular weight excluding hydrogens is 269 g/mol. The van der Waals surface area contributed by atoms with Crippen molar-refractivity contribution < 1.29 is 17.6 Å². The predicted molar refractivity (Wildman–Crippen MR) is 72.4 cm³/mol. The Labute approximate surface area is 118 Å². The standard InChI is InChI=1S/C14H23F3N2O/c1-5-18-7-13-11(4)6-12(20-13)8-19(10(2)3)9-14(15,16)17/h6,10,18H,5,7-9H2,1-4H3. The van der Waals surface area contributed by atoms with Gasteiger partial charge in [0.25, 0.3) is 0 Å². The van der Waals surface area contributed by atoms with Gasteiger partial charge >= 0.3 is 6.18 Å². The maximum Gasteiger partial charge on any atom is 0.401 e. The highest BCUT2D eigenvalue weighted by Crippen LogP contribution is 2.22. The molecule has 0 atom stereocenters. The largest absolute Gasteiger partial charge is 0.463 e. The quantitative estimate of drug-likeness (QED) is 0.834. The maximum absolute atomic E-state index is 12.5. The minimum Gasteiger partial charge on any atom is -0.463 e. The number of halogens is 3. The first kappa shape index (κ1) is 17.0. The first-order valence-electron chi connectivity index (χ1n) is 6.82. The Hall–Kier alpha value is -1.01. The van der Waals surface area contributed by atoms with Crippen molar-refractivity contribution in [2.24, 2.45) is 0 Å². The van der Waals surface area contributed by atoms with Crippen molar-refractivity contribution in [3.05, 3.63) is 23.2 Å². The molecule has 0 aliphatic heterocycles. The van der Waals surface area contributed by atoms with E-state index in [1.54, 1.807) is 13.8 Å². The SMILES string of the molecule is CCNCc1oc(CN(CC(F)(F)F)C(C)C)cc1C. The molecule has 6 heteroatoms. The summed E-state index contributed by atoms with van der Waals surface area (Å²) in [7, 11) is 0. The normalized spacial score (nSPS) is 12.7. The van der Waals surface area contributed by atoms with Crippen molar-refractivity contribution >= 4 is 0 Å². The molecule has 0 amide bonds. The monoisotopic (exact) mass is 292 g/mol. The Morgan fingerprint density at radius 1 is 1.35 bits per heavy atom. The molecule has 0 unspecified atom stereocenters. The fourth-order valence-electron chi connectivity index (χ4n) is 1.93. The number of nitrogens with zero attached hydrogens (tertiary/aromatic N) is 1. The van der Waals surface area contributed by atoms with E-state index in [4.69, 9.17) is 4.42 Å². The Kier molecular flexibility index (Phi) is 6.07. The zero-order valence-electron chi connectivity index (χ0n) is 12.5. The number of hydrogen-bond donors (Lipinski definition) is 1. The lowest BCUT2D eigenvalue weighted by atomic mass is 10.2. The average molecular weight is 292 g/mol. The Balaban J connectivity index is 2.73. The van der Waals surface area contributed by atoms with Gasteiger partial charge in [-0.1, -0.05) is 6.92 Å². The number of alkyl halides is 3. The Bertz CT molecular complexity index is 413. The Morgan fingerprint density at radius 2 is 2.00 bits per heavy atom. The molecule has 0 saturated carbocycles. The van der Waals surface area contributed by atoms with Crippen LogP contribution in [-0.2, 0) is 13.1 Å². The third kappa shape index (κ3) is 5.54. The van der Waals surface area contributed by atoms with Crippen molar-refractivity contribution in [1.29, 1.82) is 0 Å².